The molecule has 0 aliphatic heterocycles. The third-order valence-electron chi connectivity index (χ3n) is 2.01. The summed E-state index contributed by atoms with van der Waals surface area (Å²) in [7, 11) is -0.640. The fourth-order valence-electron chi connectivity index (χ4n) is 1.07. The van der Waals surface area contributed by atoms with Crippen LogP contribution in [0.5, 0.6) is 0 Å². The van der Waals surface area contributed by atoms with Gasteiger partial charge < -0.3 is 19.1 Å². The summed E-state index contributed by atoms with van der Waals surface area (Å²) < 4.78 is 30.2. The molecule has 0 aliphatic carbocycles. The van der Waals surface area contributed by atoms with Gasteiger partial charge in [0.05, 0.1) is 14.2 Å². The second-order valence-corrected chi connectivity index (χ2v) is 5.18. The average molecular weight is 296 g/mol. The Morgan fingerprint density at radius 1 is 1.16 bits per heavy atom. The number of allylic oxidation sites excluding steroid dienone is 1. The maximum atomic E-state index is 12.0. The molecule has 0 aromatic heterocycles. The van der Waals surface area contributed by atoms with Crippen LogP contribution in [0.25, 0.3) is 0 Å². The largest absolute Gasteiger partial charge is 0.467 e. The maximum absolute atomic E-state index is 12.0. The van der Waals surface area contributed by atoms with E-state index in [9.17, 15) is 19.3 Å². The molecule has 1 unspecified atom stereocenters. The molecule has 110 valence electrons. The van der Waals surface area contributed by atoms with Gasteiger partial charge in [-0.3, -0.25) is 9.09 Å². The van der Waals surface area contributed by atoms with Gasteiger partial charge in [-0.05, 0) is 6.92 Å². The van der Waals surface area contributed by atoms with E-state index in [1.807, 2.05) is 0 Å². The molecule has 0 saturated heterocycles. The van der Waals surface area contributed by atoms with Crippen molar-refractivity contribution in [2.45, 2.75) is 19.1 Å². The van der Waals surface area contributed by atoms with Crippen LogP contribution in [0.3, 0.4) is 0 Å². The normalized spacial score (nSPS) is 17.5. The molecule has 19 heavy (non-hydrogen) atoms. The molecule has 0 fully saturated rings. The topological polar surface area (TPSA) is 108 Å². The smallest absolute Gasteiger partial charge is 0.354 e. The Labute approximate surface area is 110 Å². The first-order chi connectivity index (χ1) is 8.85. The van der Waals surface area contributed by atoms with Gasteiger partial charge in [0.2, 0.25) is 6.10 Å². The third kappa shape index (κ3) is 5.12. The molecule has 0 amide bonds. The van der Waals surface area contributed by atoms with Crippen LogP contribution >= 0.6 is 7.60 Å². The Morgan fingerprint density at radius 3 is 2.05 bits per heavy atom. The summed E-state index contributed by atoms with van der Waals surface area (Å²) >= 11 is 0. The molecule has 0 rings (SSSR count). The summed E-state index contributed by atoms with van der Waals surface area (Å²) in [4.78, 5) is 22.7. The molecule has 0 heterocycles. The molecule has 8 nitrogen and oxygen atoms in total. The van der Waals surface area contributed by atoms with Gasteiger partial charge in [0.1, 0.15) is 0 Å². The monoisotopic (exact) mass is 296 g/mol. The third-order valence-corrected chi connectivity index (χ3v) is 3.70. The molecular weight excluding hydrogens is 279 g/mol. The number of aliphatic hydroxyl groups is 1. The lowest BCUT2D eigenvalue weighted by Gasteiger charge is -2.22. The average Bonchev–Trinajstić information content (AvgIpc) is 2.42. The van der Waals surface area contributed by atoms with Crippen molar-refractivity contribution in [2.75, 3.05) is 21.3 Å². The van der Waals surface area contributed by atoms with Gasteiger partial charge in [0.15, 0.2) is 6.10 Å². The van der Waals surface area contributed by atoms with Gasteiger partial charge in [0, 0.05) is 12.9 Å². The summed E-state index contributed by atoms with van der Waals surface area (Å²) in [5.41, 5.74) is 0. The number of carbonyl (C=O) groups is 2. The molecule has 0 aromatic rings. The Kier molecular flexibility index (Phi) is 7.55. The number of hydrogen-bond donors (Lipinski definition) is 1. The minimum Gasteiger partial charge on any atom is -0.467 e. The van der Waals surface area contributed by atoms with Crippen LogP contribution in [0, 0.1) is 0 Å². The highest BCUT2D eigenvalue weighted by molar-refractivity contribution is 7.57. The number of carbonyl (C=O) groups excluding carboxylic acids is 2. The predicted molar refractivity (Wildman–Crippen MR) is 64.3 cm³/mol. The Hall–Kier alpha value is -1.21. The number of rotatable bonds is 7. The number of ether oxygens (including phenoxy) is 2. The van der Waals surface area contributed by atoms with Crippen LogP contribution in [0.2, 0.25) is 0 Å². The summed E-state index contributed by atoms with van der Waals surface area (Å²) in [6.07, 6.45) is -2.42. The van der Waals surface area contributed by atoms with Crippen molar-refractivity contribution in [3.8, 4) is 0 Å². The molecule has 0 aliphatic rings. The van der Waals surface area contributed by atoms with Gasteiger partial charge in [-0.25, -0.2) is 9.59 Å². The maximum Gasteiger partial charge on any atom is 0.354 e. The minimum atomic E-state index is -3.78. The molecule has 0 aromatic carbocycles. The number of aliphatic hydroxyl groups excluding tert-OH is 1. The fraction of sp³-hybridized carbons (Fsp3) is 0.600. The van der Waals surface area contributed by atoms with E-state index in [1.54, 1.807) is 6.92 Å². The summed E-state index contributed by atoms with van der Waals surface area (Å²) in [6, 6.07) is 0. The number of methoxy groups -OCH3 is 2. The summed E-state index contributed by atoms with van der Waals surface area (Å²) in [5, 5.41) is 9.60. The van der Waals surface area contributed by atoms with E-state index in [2.05, 4.69) is 14.0 Å². The van der Waals surface area contributed by atoms with Gasteiger partial charge in [0.25, 0.3) is 0 Å². The zero-order chi connectivity index (χ0) is 15.1. The van der Waals surface area contributed by atoms with Crippen LogP contribution < -0.4 is 0 Å². The highest BCUT2D eigenvalue weighted by Crippen LogP contribution is 2.50. The van der Waals surface area contributed by atoms with Crippen LogP contribution in [-0.2, 0) is 32.7 Å². The van der Waals surface area contributed by atoms with Gasteiger partial charge in [-0.15, -0.1) is 0 Å². The molecule has 0 bridgehead atoms. The molecule has 1 N–H and O–H groups in total. The van der Waals surface area contributed by atoms with E-state index in [0.29, 0.717) is 0 Å². The van der Waals surface area contributed by atoms with E-state index in [0.717, 1.165) is 27.1 Å². The first-order valence-corrected chi connectivity index (χ1v) is 6.77. The van der Waals surface area contributed by atoms with Crippen molar-refractivity contribution in [1.29, 1.82) is 0 Å². The zero-order valence-corrected chi connectivity index (χ0v) is 12.0. The quantitative estimate of drug-likeness (QED) is 0.533. The van der Waals surface area contributed by atoms with E-state index in [-0.39, 0.29) is 0 Å². The molecule has 0 radical (unpaired) electrons. The van der Waals surface area contributed by atoms with Crippen molar-refractivity contribution in [2.24, 2.45) is 0 Å². The standard InChI is InChI=1S/C10H17O8P/c1-5-6-19(14,17-4)18-8(10(13)16-3)7(11)9(12)15-2/h5-8,11H,1-4H3/t7-,8-,19?/m1/s1. The Bertz CT molecular complexity index is 391. The van der Waals surface area contributed by atoms with E-state index in [1.165, 1.54) is 6.08 Å². The highest BCUT2D eigenvalue weighted by Gasteiger charge is 2.40. The van der Waals surface area contributed by atoms with Gasteiger partial charge in [-0.1, -0.05) is 6.08 Å². The lowest BCUT2D eigenvalue weighted by Crippen LogP contribution is -2.42. The lowest BCUT2D eigenvalue weighted by molar-refractivity contribution is -0.168. The molecule has 0 spiro atoms. The lowest BCUT2D eigenvalue weighted by atomic mass is 10.2. The van der Waals surface area contributed by atoms with Crippen molar-refractivity contribution < 1.29 is 37.8 Å². The molecule has 9 heteroatoms. The first kappa shape index (κ1) is 17.8. The van der Waals surface area contributed by atoms with E-state index >= 15 is 0 Å². The van der Waals surface area contributed by atoms with Crippen LogP contribution in [-0.4, -0.2) is 50.6 Å². The molecule has 0 saturated carbocycles. The first-order valence-electron chi connectivity index (χ1n) is 5.16. The molecule has 3 atom stereocenters. The van der Waals surface area contributed by atoms with Crippen LogP contribution in [0.15, 0.2) is 11.9 Å². The Balaban J connectivity index is 5.23. The summed E-state index contributed by atoms with van der Waals surface area (Å²) in [5.74, 6) is -1.13. The van der Waals surface area contributed by atoms with Crippen LogP contribution in [0.1, 0.15) is 6.92 Å². The minimum absolute atomic E-state index is 1.02. The van der Waals surface area contributed by atoms with Gasteiger partial charge >= 0.3 is 19.5 Å². The Morgan fingerprint density at radius 2 is 1.68 bits per heavy atom. The van der Waals surface area contributed by atoms with Crippen molar-refractivity contribution in [1.82, 2.24) is 0 Å². The summed E-state index contributed by atoms with van der Waals surface area (Å²) in [6.45, 7) is 1.55. The van der Waals surface area contributed by atoms with E-state index < -0.39 is 31.7 Å². The predicted octanol–water partition coefficient (Wildman–Crippen LogP) is 0.452. The second kappa shape index (κ2) is 8.06. The van der Waals surface area contributed by atoms with Crippen LogP contribution in [0.4, 0.5) is 0 Å². The zero-order valence-electron chi connectivity index (χ0n) is 11.1. The van der Waals surface area contributed by atoms with Gasteiger partial charge in [-0.2, -0.15) is 0 Å². The van der Waals surface area contributed by atoms with E-state index in [4.69, 9.17) is 4.52 Å². The SMILES string of the molecule is CC=CP(=O)(OC)O[C@@H](C(=O)OC)[C@@H](O)C(=O)OC. The van der Waals surface area contributed by atoms with Crippen molar-refractivity contribution in [3.63, 3.8) is 0 Å². The molecular formula is C10H17O8P. The van der Waals surface area contributed by atoms with Crippen molar-refractivity contribution in [3.05, 3.63) is 11.9 Å². The number of hydrogen-bond acceptors (Lipinski definition) is 8. The second-order valence-electron chi connectivity index (χ2n) is 3.22. The number of esters is 2. The highest BCUT2D eigenvalue weighted by atomic mass is 31.2. The fourth-order valence-corrected chi connectivity index (χ4v) is 2.23. The van der Waals surface area contributed by atoms with Crippen molar-refractivity contribution >= 4 is 19.5 Å².